The van der Waals surface area contributed by atoms with E-state index < -0.39 is 10.0 Å². The summed E-state index contributed by atoms with van der Waals surface area (Å²) in [6.45, 7) is 2.00. The fourth-order valence-corrected chi connectivity index (χ4v) is 6.67. The summed E-state index contributed by atoms with van der Waals surface area (Å²) in [6, 6.07) is 15.3. The smallest absolute Gasteiger partial charge is 0.243 e. The number of carbonyl (C=O) groups excluding carboxylic acids is 1. The number of rotatable bonds is 4. The lowest BCUT2D eigenvalue weighted by molar-refractivity contribution is -0.120. The molecule has 0 saturated heterocycles. The predicted octanol–water partition coefficient (Wildman–Crippen LogP) is 3.43. The van der Waals surface area contributed by atoms with Crippen molar-refractivity contribution in [2.24, 2.45) is 5.41 Å². The molecule has 7 heteroatoms. The molecule has 32 heavy (non-hydrogen) atoms. The Kier molecular flexibility index (Phi) is 5.34. The highest BCUT2D eigenvalue weighted by Crippen LogP contribution is 2.46. The van der Waals surface area contributed by atoms with Gasteiger partial charge in [-0.25, -0.2) is 8.42 Å². The van der Waals surface area contributed by atoms with Crippen LogP contribution in [0.2, 0.25) is 0 Å². The van der Waals surface area contributed by atoms with E-state index in [0.717, 1.165) is 29.8 Å². The van der Waals surface area contributed by atoms with Crippen LogP contribution in [0.25, 0.3) is 0 Å². The highest BCUT2D eigenvalue weighted by Gasteiger charge is 2.45. The van der Waals surface area contributed by atoms with Crippen LogP contribution < -0.4 is 9.64 Å². The number of ether oxygens (including phenoxy) is 1. The van der Waals surface area contributed by atoms with Gasteiger partial charge in [-0.3, -0.25) is 4.79 Å². The third-order valence-electron chi connectivity index (χ3n) is 7.02. The number of anilines is 1. The molecule has 1 unspecified atom stereocenters. The zero-order valence-electron chi connectivity index (χ0n) is 18.3. The van der Waals surface area contributed by atoms with Gasteiger partial charge in [-0.2, -0.15) is 4.31 Å². The molecule has 2 aromatic rings. The second-order valence-electron chi connectivity index (χ2n) is 9.08. The predicted molar refractivity (Wildman–Crippen MR) is 123 cm³/mol. The van der Waals surface area contributed by atoms with Crippen LogP contribution in [0, 0.1) is 5.41 Å². The quantitative estimate of drug-likeness (QED) is 0.665. The topological polar surface area (TPSA) is 66.9 Å². The number of fused-ring (bicyclic) bond motifs is 2. The van der Waals surface area contributed by atoms with E-state index in [4.69, 9.17) is 4.74 Å². The Morgan fingerprint density at radius 2 is 1.94 bits per heavy atom. The van der Waals surface area contributed by atoms with Crippen molar-refractivity contribution in [3.8, 4) is 5.75 Å². The Morgan fingerprint density at radius 3 is 2.75 bits per heavy atom. The molecule has 0 aromatic heterocycles. The molecule has 1 aliphatic carbocycles. The maximum Gasteiger partial charge on any atom is 0.243 e. The standard InChI is InChI=1S/C25H28N2O4S/c1-26-13-14-31-24-16-22(7-8-23(24)26)32(29,30)27-12-10-20-15-21(28)9-11-25(20,18-27)17-19-5-3-2-4-6-19/h2-8,10,16H,9,11-15,17-18H2,1H3. The minimum Gasteiger partial charge on any atom is -0.490 e. The van der Waals surface area contributed by atoms with Crippen LogP contribution in [0.4, 0.5) is 5.69 Å². The van der Waals surface area contributed by atoms with Crippen molar-refractivity contribution in [2.75, 3.05) is 38.2 Å². The van der Waals surface area contributed by atoms with E-state index in [0.29, 0.717) is 44.7 Å². The van der Waals surface area contributed by atoms with Gasteiger partial charge in [0.05, 0.1) is 17.1 Å². The van der Waals surface area contributed by atoms with Crippen LogP contribution in [0.3, 0.4) is 0 Å². The van der Waals surface area contributed by atoms with Crippen molar-refractivity contribution in [2.45, 2.75) is 30.6 Å². The maximum atomic E-state index is 13.6. The van der Waals surface area contributed by atoms with E-state index in [9.17, 15) is 13.2 Å². The largest absolute Gasteiger partial charge is 0.490 e. The van der Waals surface area contributed by atoms with Gasteiger partial charge in [0.25, 0.3) is 0 Å². The summed E-state index contributed by atoms with van der Waals surface area (Å²) in [5.74, 6) is 0.850. The molecule has 0 amide bonds. The van der Waals surface area contributed by atoms with Crippen molar-refractivity contribution >= 4 is 21.5 Å². The van der Waals surface area contributed by atoms with Crippen LogP contribution >= 0.6 is 0 Å². The Morgan fingerprint density at radius 1 is 1.12 bits per heavy atom. The van der Waals surface area contributed by atoms with Gasteiger partial charge in [-0.15, -0.1) is 0 Å². The number of hydrogen-bond donors (Lipinski definition) is 0. The minimum absolute atomic E-state index is 0.243. The number of nitrogens with zero attached hydrogens (tertiary/aromatic N) is 2. The molecule has 168 valence electrons. The van der Waals surface area contributed by atoms with Crippen molar-refractivity contribution in [3.05, 3.63) is 65.7 Å². The minimum atomic E-state index is -3.70. The first-order valence-electron chi connectivity index (χ1n) is 11.1. The van der Waals surface area contributed by atoms with Crippen molar-refractivity contribution in [1.29, 1.82) is 0 Å². The third kappa shape index (κ3) is 3.73. The summed E-state index contributed by atoms with van der Waals surface area (Å²) in [4.78, 5) is 14.5. The molecule has 1 fully saturated rings. The van der Waals surface area contributed by atoms with E-state index in [2.05, 4.69) is 17.0 Å². The van der Waals surface area contributed by atoms with E-state index in [1.54, 1.807) is 16.4 Å². The summed E-state index contributed by atoms with van der Waals surface area (Å²) < 4.78 is 34.6. The second-order valence-corrected chi connectivity index (χ2v) is 11.0. The first-order chi connectivity index (χ1) is 15.4. The van der Waals surface area contributed by atoms with Crippen LogP contribution in [0.5, 0.6) is 5.75 Å². The molecule has 1 atom stereocenters. The molecule has 1 saturated carbocycles. The summed E-state index contributed by atoms with van der Waals surface area (Å²) in [6.07, 6.45) is 4.31. The molecule has 0 spiro atoms. The van der Waals surface area contributed by atoms with Crippen LogP contribution in [-0.4, -0.2) is 51.8 Å². The summed E-state index contributed by atoms with van der Waals surface area (Å²) in [5, 5.41) is 0. The van der Waals surface area contributed by atoms with Crippen LogP contribution in [-0.2, 0) is 21.2 Å². The zero-order valence-corrected chi connectivity index (χ0v) is 19.1. The average Bonchev–Trinajstić information content (AvgIpc) is 2.79. The molecule has 2 aliphatic heterocycles. The number of benzene rings is 2. The zero-order chi connectivity index (χ0) is 22.3. The van der Waals surface area contributed by atoms with Gasteiger partial charge in [0.2, 0.25) is 10.0 Å². The molecular formula is C25H28N2O4S. The molecule has 6 nitrogen and oxygen atoms in total. The highest BCUT2D eigenvalue weighted by molar-refractivity contribution is 7.89. The molecule has 2 heterocycles. The summed E-state index contributed by atoms with van der Waals surface area (Å²) >= 11 is 0. The van der Waals surface area contributed by atoms with Gasteiger partial charge >= 0.3 is 0 Å². The van der Waals surface area contributed by atoms with E-state index >= 15 is 0 Å². The fourth-order valence-electron chi connectivity index (χ4n) is 5.19. The van der Waals surface area contributed by atoms with E-state index in [1.807, 2.05) is 37.4 Å². The molecule has 0 radical (unpaired) electrons. The summed E-state index contributed by atoms with van der Waals surface area (Å²) in [5.41, 5.74) is 2.82. The third-order valence-corrected chi connectivity index (χ3v) is 8.83. The Bertz CT molecular complexity index is 1180. The van der Waals surface area contributed by atoms with E-state index in [1.165, 1.54) is 0 Å². The van der Waals surface area contributed by atoms with Gasteiger partial charge in [-0.05, 0) is 30.5 Å². The molecule has 5 rings (SSSR count). The number of Topliss-reactive ketones (excluding diaryl/α,β-unsaturated/α-hetero) is 1. The normalized spacial score (nSPS) is 23.7. The lowest BCUT2D eigenvalue weighted by atomic mass is 9.65. The van der Waals surface area contributed by atoms with Gasteiger partial charge in [0.15, 0.2) is 0 Å². The van der Waals surface area contributed by atoms with Gasteiger partial charge in [0, 0.05) is 44.5 Å². The number of carbonyl (C=O) groups is 1. The second kappa shape index (κ2) is 8.05. The molecule has 2 aromatic carbocycles. The van der Waals surface area contributed by atoms with Crippen LogP contribution in [0.1, 0.15) is 24.8 Å². The van der Waals surface area contributed by atoms with Crippen molar-refractivity contribution < 1.29 is 17.9 Å². The van der Waals surface area contributed by atoms with Crippen molar-refractivity contribution in [1.82, 2.24) is 4.31 Å². The Hall–Kier alpha value is -2.64. The average molecular weight is 453 g/mol. The van der Waals surface area contributed by atoms with E-state index in [-0.39, 0.29) is 16.1 Å². The summed E-state index contributed by atoms with van der Waals surface area (Å²) in [7, 11) is -1.73. The first kappa shape index (κ1) is 21.2. The SMILES string of the molecule is CN1CCOc2cc(S(=O)(=O)N3CC=C4CC(=O)CCC4(Cc4ccccc4)C3)ccc21. The number of sulfonamides is 1. The van der Waals surface area contributed by atoms with Crippen molar-refractivity contribution in [3.63, 3.8) is 0 Å². The Labute approximate surface area is 189 Å². The van der Waals surface area contributed by atoms with Crippen LogP contribution in [0.15, 0.2) is 65.1 Å². The fraction of sp³-hybridized carbons (Fsp3) is 0.400. The highest BCUT2D eigenvalue weighted by atomic mass is 32.2. The molecule has 0 bridgehead atoms. The van der Waals surface area contributed by atoms with Gasteiger partial charge in [0.1, 0.15) is 18.1 Å². The molecule has 3 aliphatic rings. The monoisotopic (exact) mass is 452 g/mol. The Balaban J connectivity index is 1.48. The van der Waals surface area contributed by atoms with Gasteiger partial charge < -0.3 is 9.64 Å². The maximum absolute atomic E-state index is 13.6. The number of likely N-dealkylation sites (N-methyl/N-ethyl adjacent to an activating group) is 1. The lowest BCUT2D eigenvalue weighted by Crippen LogP contribution is -2.49. The number of hydrogen-bond acceptors (Lipinski definition) is 5. The number of ketones is 1. The van der Waals surface area contributed by atoms with Gasteiger partial charge in [-0.1, -0.05) is 42.0 Å². The molecular weight excluding hydrogens is 424 g/mol. The molecule has 0 N–H and O–H groups in total. The lowest BCUT2D eigenvalue weighted by Gasteiger charge is -2.45. The first-order valence-corrected chi connectivity index (χ1v) is 12.5.